The van der Waals surface area contributed by atoms with Crippen LogP contribution in [0.1, 0.15) is 47.3 Å². The zero-order chi connectivity index (χ0) is 19.5. The van der Waals surface area contributed by atoms with Crippen LogP contribution in [0.5, 0.6) is 11.5 Å². The molecule has 0 amide bonds. The van der Waals surface area contributed by atoms with Gasteiger partial charge in [-0.1, -0.05) is 43.7 Å². The van der Waals surface area contributed by atoms with Gasteiger partial charge < -0.3 is 9.84 Å². The fraction of sp³-hybridized carbons (Fsp3) is 0.350. The van der Waals surface area contributed by atoms with Gasteiger partial charge in [0.1, 0.15) is 23.7 Å². The summed E-state index contributed by atoms with van der Waals surface area (Å²) in [5, 5.41) is 10.1. The molecule has 26 heavy (non-hydrogen) atoms. The first-order valence-corrected chi connectivity index (χ1v) is 8.24. The van der Waals surface area contributed by atoms with Gasteiger partial charge >= 0.3 is 6.18 Å². The first-order valence-electron chi connectivity index (χ1n) is 8.24. The topological polar surface area (TPSA) is 46.5 Å². The van der Waals surface area contributed by atoms with Crippen molar-refractivity contribution in [1.82, 2.24) is 0 Å². The molecular weight excluding hydrogens is 345 g/mol. The average Bonchev–Trinajstić information content (AvgIpc) is 2.52. The standard InChI is InChI=1S/C20H21F3O3/c1-12(2)10-16(24)15-8-9-17(18(19(15)25)20(21,22)23)26-11-14-6-4-13(3)5-7-14/h4-9,12,25H,10-11H2,1-3H3. The van der Waals surface area contributed by atoms with Crippen LogP contribution in [0.15, 0.2) is 36.4 Å². The van der Waals surface area contributed by atoms with E-state index in [1.165, 1.54) is 6.07 Å². The summed E-state index contributed by atoms with van der Waals surface area (Å²) in [6.07, 6.45) is -4.80. The molecule has 2 rings (SSSR count). The van der Waals surface area contributed by atoms with Gasteiger partial charge in [0, 0.05) is 6.42 Å². The maximum absolute atomic E-state index is 13.4. The number of ketones is 1. The molecule has 6 heteroatoms. The van der Waals surface area contributed by atoms with Crippen LogP contribution in [-0.2, 0) is 12.8 Å². The number of carbonyl (C=O) groups is 1. The van der Waals surface area contributed by atoms with E-state index in [0.29, 0.717) is 5.56 Å². The van der Waals surface area contributed by atoms with Crippen molar-refractivity contribution in [3.63, 3.8) is 0 Å². The van der Waals surface area contributed by atoms with Crippen molar-refractivity contribution in [2.45, 2.75) is 40.0 Å². The summed E-state index contributed by atoms with van der Waals surface area (Å²) in [7, 11) is 0. The molecule has 1 N–H and O–H groups in total. The second-order valence-corrected chi connectivity index (χ2v) is 6.63. The molecule has 0 spiro atoms. The minimum Gasteiger partial charge on any atom is -0.506 e. The van der Waals surface area contributed by atoms with Crippen LogP contribution in [0.4, 0.5) is 13.2 Å². The van der Waals surface area contributed by atoms with Crippen LogP contribution >= 0.6 is 0 Å². The number of benzene rings is 2. The van der Waals surface area contributed by atoms with Crippen LogP contribution < -0.4 is 4.74 Å². The molecule has 0 aliphatic heterocycles. The van der Waals surface area contributed by atoms with Gasteiger partial charge in [-0.2, -0.15) is 13.2 Å². The van der Waals surface area contributed by atoms with Crippen molar-refractivity contribution in [3.8, 4) is 11.5 Å². The normalized spacial score (nSPS) is 11.7. The number of ether oxygens (including phenoxy) is 1. The lowest BCUT2D eigenvalue weighted by Gasteiger charge is -2.17. The summed E-state index contributed by atoms with van der Waals surface area (Å²) in [4.78, 5) is 12.1. The number of halogens is 3. The molecule has 0 radical (unpaired) electrons. The predicted octanol–water partition coefficient (Wildman–Crippen LogP) is 5.53. The Morgan fingerprint density at radius 3 is 2.27 bits per heavy atom. The Morgan fingerprint density at radius 2 is 1.73 bits per heavy atom. The molecule has 0 aromatic heterocycles. The highest BCUT2D eigenvalue weighted by molar-refractivity contribution is 5.99. The molecule has 3 nitrogen and oxygen atoms in total. The third-order valence-corrected chi connectivity index (χ3v) is 3.83. The largest absolute Gasteiger partial charge is 0.506 e. The molecule has 0 atom stereocenters. The van der Waals surface area contributed by atoms with E-state index < -0.39 is 29.0 Å². The summed E-state index contributed by atoms with van der Waals surface area (Å²) in [5.41, 5.74) is 0.0616. The van der Waals surface area contributed by atoms with Gasteiger partial charge in [-0.15, -0.1) is 0 Å². The molecular formula is C20H21F3O3. The lowest BCUT2D eigenvalue weighted by Crippen LogP contribution is -2.12. The fourth-order valence-corrected chi connectivity index (χ4v) is 2.52. The number of carbonyl (C=O) groups excluding carboxylic acids is 1. The summed E-state index contributed by atoms with van der Waals surface area (Å²) in [6.45, 7) is 5.37. The second kappa shape index (κ2) is 7.81. The van der Waals surface area contributed by atoms with E-state index in [2.05, 4.69) is 0 Å². The quantitative estimate of drug-likeness (QED) is 0.684. The zero-order valence-corrected chi connectivity index (χ0v) is 14.9. The van der Waals surface area contributed by atoms with Crippen molar-refractivity contribution in [1.29, 1.82) is 0 Å². The van der Waals surface area contributed by atoms with Crippen LogP contribution in [0.2, 0.25) is 0 Å². The third kappa shape index (κ3) is 4.77. The number of phenolic OH excluding ortho intramolecular Hbond substituents is 1. The minimum atomic E-state index is -4.85. The highest BCUT2D eigenvalue weighted by atomic mass is 19.4. The Bertz CT molecular complexity index is 778. The summed E-state index contributed by atoms with van der Waals surface area (Å²) in [5.74, 6) is -2.15. The molecule has 0 bridgehead atoms. The number of phenols is 1. The molecule has 0 saturated carbocycles. The summed E-state index contributed by atoms with van der Waals surface area (Å²) >= 11 is 0. The van der Waals surface area contributed by atoms with Crippen LogP contribution in [0.3, 0.4) is 0 Å². The van der Waals surface area contributed by atoms with Crippen molar-refractivity contribution >= 4 is 5.78 Å². The molecule has 0 unspecified atom stereocenters. The first kappa shape index (κ1) is 19.8. The van der Waals surface area contributed by atoms with Crippen LogP contribution in [0.25, 0.3) is 0 Å². The van der Waals surface area contributed by atoms with Gasteiger partial charge in [-0.05, 0) is 30.5 Å². The maximum Gasteiger partial charge on any atom is 0.423 e. The number of rotatable bonds is 6. The van der Waals surface area contributed by atoms with E-state index in [9.17, 15) is 23.1 Å². The van der Waals surface area contributed by atoms with E-state index in [1.54, 1.807) is 26.0 Å². The van der Waals surface area contributed by atoms with E-state index in [-0.39, 0.29) is 24.5 Å². The van der Waals surface area contributed by atoms with E-state index in [0.717, 1.165) is 11.6 Å². The number of Topliss-reactive ketones (excluding diaryl/α,β-unsaturated/α-hetero) is 1. The van der Waals surface area contributed by atoms with Gasteiger partial charge in [0.25, 0.3) is 0 Å². The van der Waals surface area contributed by atoms with Crippen molar-refractivity contribution in [2.24, 2.45) is 5.92 Å². The molecule has 0 heterocycles. The van der Waals surface area contributed by atoms with Crippen molar-refractivity contribution in [2.75, 3.05) is 0 Å². The van der Waals surface area contributed by atoms with Gasteiger partial charge in [-0.25, -0.2) is 0 Å². The Balaban J connectivity index is 2.35. The average molecular weight is 366 g/mol. The number of hydrogen-bond acceptors (Lipinski definition) is 3. The molecule has 140 valence electrons. The zero-order valence-electron chi connectivity index (χ0n) is 14.9. The number of aryl methyl sites for hydroxylation is 1. The van der Waals surface area contributed by atoms with Crippen LogP contribution in [0, 0.1) is 12.8 Å². The summed E-state index contributed by atoms with van der Waals surface area (Å²) < 4.78 is 45.6. The minimum absolute atomic E-state index is 0.0336. The first-order chi connectivity index (χ1) is 12.1. The Kier molecular flexibility index (Phi) is 5.95. The molecule has 2 aromatic carbocycles. The smallest absolute Gasteiger partial charge is 0.423 e. The van der Waals surface area contributed by atoms with Crippen molar-refractivity contribution < 1.29 is 27.8 Å². The SMILES string of the molecule is Cc1ccc(COc2ccc(C(=O)CC(C)C)c(O)c2C(F)(F)F)cc1. The number of aromatic hydroxyl groups is 1. The highest BCUT2D eigenvalue weighted by Gasteiger charge is 2.39. The second-order valence-electron chi connectivity index (χ2n) is 6.63. The van der Waals surface area contributed by atoms with E-state index in [1.807, 2.05) is 19.1 Å². The van der Waals surface area contributed by atoms with Crippen LogP contribution in [-0.4, -0.2) is 10.9 Å². The van der Waals surface area contributed by atoms with E-state index >= 15 is 0 Å². The molecule has 0 saturated heterocycles. The third-order valence-electron chi connectivity index (χ3n) is 3.83. The lowest BCUT2D eigenvalue weighted by atomic mass is 9.97. The number of alkyl halides is 3. The maximum atomic E-state index is 13.4. The van der Waals surface area contributed by atoms with E-state index in [4.69, 9.17) is 4.74 Å². The monoisotopic (exact) mass is 366 g/mol. The highest BCUT2D eigenvalue weighted by Crippen LogP contribution is 2.44. The Hall–Kier alpha value is -2.50. The molecule has 0 fully saturated rings. The van der Waals surface area contributed by atoms with Crippen molar-refractivity contribution in [3.05, 3.63) is 58.7 Å². The summed E-state index contributed by atoms with van der Waals surface area (Å²) in [6, 6.07) is 9.43. The Labute approximate surface area is 150 Å². The van der Waals surface area contributed by atoms with Gasteiger partial charge in [0.05, 0.1) is 5.56 Å². The van der Waals surface area contributed by atoms with Gasteiger partial charge in [-0.3, -0.25) is 4.79 Å². The van der Waals surface area contributed by atoms with Gasteiger partial charge in [0.2, 0.25) is 0 Å². The number of hydrogen-bond donors (Lipinski definition) is 1. The molecule has 0 aliphatic carbocycles. The lowest BCUT2D eigenvalue weighted by molar-refractivity contribution is -0.140. The Morgan fingerprint density at radius 1 is 1.12 bits per heavy atom. The van der Waals surface area contributed by atoms with Gasteiger partial charge in [0.15, 0.2) is 5.78 Å². The fourth-order valence-electron chi connectivity index (χ4n) is 2.52. The molecule has 2 aromatic rings. The predicted molar refractivity (Wildman–Crippen MR) is 92.4 cm³/mol. The molecule has 0 aliphatic rings.